The molecule has 0 spiro atoms. The zero-order valence-corrected chi connectivity index (χ0v) is 12.5. The van der Waals surface area contributed by atoms with Crippen molar-refractivity contribution in [2.45, 2.75) is 0 Å². The Labute approximate surface area is 133 Å². The van der Waals surface area contributed by atoms with Gasteiger partial charge in [0.2, 0.25) is 0 Å². The fourth-order valence-electron chi connectivity index (χ4n) is 2.18. The van der Waals surface area contributed by atoms with Crippen molar-refractivity contribution in [3.8, 4) is 23.1 Å². The van der Waals surface area contributed by atoms with Crippen LogP contribution in [0, 0.1) is 11.3 Å². The van der Waals surface area contributed by atoms with Crippen LogP contribution in [0.5, 0.6) is 5.75 Å². The summed E-state index contributed by atoms with van der Waals surface area (Å²) in [6.07, 6.45) is 4.06. The molecule has 0 atom stereocenters. The van der Waals surface area contributed by atoms with Gasteiger partial charge in [0, 0.05) is 5.56 Å². The number of nitrogens with zero attached hydrogens (tertiary/aromatic N) is 3. The minimum Gasteiger partial charge on any atom is -0.497 e. The Morgan fingerprint density at radius 1 is 1.00 bits per heavy atom. The number of hydrogen-bond donors (Lipinski definition) is 1. The van der Waals surface area contributed by atoms with Gasteiger partial charge >= 0.3 is 0 Å². The number of aromatic amines is 1. The molecule has 112 valence electrons. The summed E-state index contributed by atoms with van der Waals surface area (Å²) in [6, 6.07) is 17.7. The van der Waals surface area contributed by atoms with Crippen LogP contribution < -0.4 is 4.74 Å². The summed E-state index contributed by atoms with van der Waals surface area (Å²) in [7, 11) is 1.65. The lowest BCUT2D eigenvalue weighted by Gasteiger charge is -2.00. The van der Waals surface area contributed by atoms with E-state index in [4.69, 9.17) is 10.00 Å². The van der Waals surface area contributed by atoms with Gasteiger partial charge in [-0.15, -0.1) is 5.10 Å². The third-order valence-corrected chi connectivity index (χ3v) is 3.44. The van der Waals surface area contributed by atoms with E-state index in [0.29, 0.717) is 11.4 Å². The molecule has 0 aliphatic rings. The molecule has 1 aromatic heterocycles. The number of nitrogens with one attached hydrogen (secondary N) is 1. The Kier molecular flexibility index (Phi) is 4.16. The van der Waals surface area contributed by atoms with E-state index in [1.807, 2.05) is 66.8 Å². The summed E-state index contributed by atoms with van der Waals surface area (Å²) in [4.78, 5) is 0. The number of nitriles is 1. The lowest BCUT2D eigenvalue weighted by atomic mass is 10.1. The van der Waals surface area contributed by atoms with Gasteiger partial charge in [-0.25, -0.2) is 0 Å². The predicted octanol–water partition coefficient (Wildman–Crippen LogP) is 3.52. The van der Waals surface area contributed by atoms with Gasteiger partial charge in [0.05, 0.1) is 7.11 Å². The summed E-state index contributed by atoms with van der Waals surface area (Å²) >= 11 is 0. The highest BCUT2D eigenvalue weighted by Crippen LogP contribution is 2.20. The number of H-pyrrole nitrogens is 1. The SMILES string of the molecule is COc1ccc(C=Cc2ccc(-c3[nH]nnc3C#N)cc2)cc1. The first-order valence-electron chi connectivity index (χ1n) is 7.04. The molecular formula is C18H14N4O. The van der Waals surface area contributed by atoms with E-state index in [0.717, 1.165) is 22.4 Å². The molecule has 1 N–H and O–H groups in total. The van der Waals surface area contributed by atoms with Crippen molar-refractivity contribution in [3.05, 3.63) is 65.4 Å². The van der Waals surface area contributed by atoms with Crippen molar-refractivity contribution in [3.63, 3.8) is 0 Å². The Morgan fingerprint density at radius 3 is 2.17 bits per heavy atom. The van der Waals surface area contributed by atoms with Crippen LogP contribution in [0.2, 0.25) is 0 Å². The van der Waals surface area contributed by atoms with Crippen LogP contribution in [0.1, 0.15) is 16.8 Å². The van der Waals surface area contributed by atoms with Crippen LogP contribution in [0.3, 0.4) is 0 Å². The Balaban J connectivity index is 1.77. The van der Waals surface area contributed by atoms with E-state index in [1.165, 1.54) is 0 Å². The second kappa shape index (κ2) is 6.58. The second-order valence-corrected chi connectivity index (χ2v) is 4.88. The highest BCUT2D eigenvalue weighted by molar-refractivity contribution is 5.72. The van der Waals surface area contributed by atoms with Crippen LogP contribution in [0.25, 0.3) is 23.4 Å². The first kappa shape index (κ1) is 14.5. The second-order valence-electron chi connectivity index (χ2n) is 4.88. The summed E-state index contributed by atoms with van der Waals surface area (Å²) in [5, 5.41) is 19.1. The smallest absolute Gasteiger partial charge is 0.190 e. The van der Waals surface area contributed by atoms with Gasteiger partial charge in [0.15, 0.2) is 5.69 Å². The molecule has 0 amide bonds. The van der Waals surface area contributed by atoms with E-state index in [2.05, 4.69) is 15.4 Å². The molecule has 0 unspecified atom stereocenters. The minimum absolute atomic E-state index is 0.298. The first-order valence-corrected chi connectivity index (χ1v) is 7.04. The van der Waals surface area contributed by atoms with E-state index in [-0.39, 0.29) is 0 Å². The standard InChI is InChI=1S/C18H14N4O/c1-23-16-10-6-14(7-11-16)3-2-13-4-8-15(9-5-13)18-17(12-19)20-22-21-18/h2-11H,1H3,(H,20,21,22). The van der Waals surface area contributed by atoms with Crippen LogP contribution in [0.4, 0.5) is 0 Å². The highest BCUT2D eigenvalue weighted by atomic mass is 16.5. The number of hydrogen-bond acceptors (Lipinski definition) is 4. The zero-order valence-electron chi connectivity index (χ0n) is 12.5. The number of aromatic nitrogens is 3. The van der Waals surface area contributed by atoms with Gasteiger partial charge in [-0.1, -0.05) is 53.8 Å². The van der Waals surface area contributed by atoms with E-state index in [1.54, 1.807) is 7.11 Å². The lowest BCUT2D eigenvalue weighted by Crippen LogP contribution is -1.83. The highest BCUT2D eigenvalue weighted by Gasteiger charge is 2.07. The Bertz CT molecular complexity index is 855. The lowest BCUT2D eigenvalue weighted by molar-refractivity contribution is 0.415. The van der Waals surface area contributed by atoms with Crippen molar-refractivity contribution >= 4 is 12.2 Å². The molecule has 5 nitrogen and oxygen atoms in total. The summed E-state index contributed by atoms with van der Waals surface area (Å²) in [5.74, 6) is 0.841. The van der Waals surface area contributed by atoms with Crippen molar-refractivity contribution in [1.29, 1.82) is 5.26 Å². The van der Waals surface area contributed by atoms with Crippen LogP contribution in [-0.4, -0.2) is 22.5 Å². The van der Waals surface area contributed by atoms with Crippen molar-refractivity contribution in [2.24, 2.45) is 0 Å². The largest absolute Gasteiger partial charge is 0.497 e. The van der Waals surface area contributed by atoms with Gasteiger partial charge in [-0.05, 0) is 23.3 Å². The molecule has 1 heterocycles. The topological polar surface area (TPSA) is 74.6 Å². The Hall–Kier alpha value is -3.39. The fraction of sp³-hybridized carbons (Fsp3) is 0.0556. The van der Waals surface area contributed by atoms with E-state index >= 15 is 0 Å². The number of methoxy groups -OCH3 is 1. The summed E-state index contributed by atoms with van der Waals surface area (Å²) in [5.41, 5.74) is 3.98. The molecule has 0 saturated heterocycles. The van der Waals surface area contributed by atoms with Crippen molar-refractivity contribution in [1.82, 2.24) is 15.4 Å². The normalized spacial score (nSPS) is 10.6. The third kappa shape index (κ3) is 3.27. The summed E-state index contributed by atoms with van der Waals surface area (Å²) in [6.45, 7) is 0. The molecule has 5 heteroatoms. The average Bonchev–Trinajstić information content (AvgIpc) is 3.09. The molecular weight excluding hydrogens is 288 g/mol. The maximum absolute atomic E-state index is 8.98. The maximum Gasteiger partial charge on any atom is 0.190 e. The molecule has 3 aromatic rings. The fourth-order valence-corrected chi connectivity index (χ4v) is 2.18. The molecule has 0 aliphatic heterocycles. The molecule has 0 saturated carbocycles. The van der Waals surface area contributed by atoms with Gasteiger partial charge in [0.1, 0.15) is 17.5 Å². The average molecular weight is 302 g/mol. The summed E-state index contributed by atoms with van der Waals surface area (Å²) < 4.78 is 5.14. The molecule has 23 heavy (non-hydrogen) atoms. The van der Waals surface area contributed by atoms with Gasteiger partial charge < -0.3 is 4.74 Å². The quantitative estimate of drug-likeness (QED) is 0.748. The maximum atomic E-state index is 8.98. The molecule has 0 radical (unpaired) electrons. The Morgan fingerprint density at radius 2 is 1.61 bits per heavy atom. The van der Waals surface area contributed by atoms with Gasteiger partial charge in [0.25, 0.3) is 0 Å². The van der Waals surface area contributed by atoms with Crippen LogP contribution in [0.15, 0.2) is 48.5 Å². The molecule has 2 aromatic carbocycles. The number of rotatable bonds is 4. The van der Waals surface area contributed by atoms with Crippen LogP contribution >= 0.6 is 0 Å². The third-order valence-electron chi connectivity index (χ3n) is 3.44. The zero-order chi connectivity index (χ0) is 16.1. The molecule has 3 rings (SSSR count). The van der Waals surface area contributed by atoms with Crippen LogP contribution in [-0.2, 0) is 0 Å². The predicted molar refractivity (Wildman–Crippen MR) is 88.5 cm³/mol. The molecule has 0 fully saturated rings. The van der Waals surface area contributed by atoms with Gasteiger partial charge in [-0.2, -0.15) is 5.26 Å². The van der Waals surface area contributed by atoms with Gasteiger partial charge in [-0.3, -0.25) is 5.10 Å². The van der Waals surface area contributed by atoms with E-state index in [9.17, 15) is 0 Å². The van der Waals surface area contributed by atoms with Crippen molar-refractivity contribution in [2.75, 3.05) is 7.11 Å². The number of benzene rings is 2. The monoisotopic (exact) mass is 302 g/mol. The minimum atomic E-state index is 0.298. The van der Waals surface area contributed by atoms with Crippen molar-refractivity contribution < 1.29 is 4.74 Å². The first-order chi connectivity index (χ1) is 11.3. The van der Waals surface area contributed by atoms with E-state index < -0.39 is 0 Å². The molecule has 0 aliphatic carbocycles. The molecule has 0 bridgehead atoms. The number of ether oxygens (including phenoxy) is 1.